The molecule has 0 radical (unpaired) electrons. The van der Waals surface area contributed by atoms with Gasteiger partial charge in [0.15, 0.2) is 0 Å². The molecule has 5 nitrogen and oxygen atoms in total. The number of hydrogen-bond acceptors (Lipinski definition) is 4. The lowest BCUT2D eigenvalue weighted by Gasteiger charge is -2.17. The SMILES string of the molecule is COC[C@@H](NC(=O)c1cccc(-c2ccco2)c1)c1ccccn1. The van der Waals surface area contributed by atoms with E-state index in [1.807, 2.05) is 42.5 Å². The van der Waals surface area contributed by atoms with Crippen LogP contribution in [0.2, 0.25) is 0 Å². The van der Waals surface area contributed by atoms with Gasteiger partial charge >= 0.3 is 0 Å². The maximum atomic E-state index is 12.6. The smallest absolute Gasteiger partial charge is 0.251 e. The summed E-state index contributed by atoms with van der Waals surface area (Å²) in [6.45, 7) is 0.348. The number of benzene rings is 1. The summed E-state index contributed by atoms with van der Waals surface area (Å²) in [4.78, 5) is 16.9. The van der Waals surface area contributed by atoms with E-state index in [2.05, 4.69) is 10.3 Å². The second-order valence-electron chi connectivity index (χ2n) is 5.29. The molecular formula is C19H18N2O3. The Bertz CT molecular complexity index is 785. The molecule has 0 saturated heterocycles. The van der Waals surface area contributed by atoms with Crippen molar-refractivity contribution in [2.24, 2.45) is 0 Å². The molecule has 1 N–H and O–H groups in total. The molecule has 0 spiro atoms. The lowest BCUT2D eigenvalue weighted by molar-refractivity contribution is 0.0894. The minimum atomic E-state index is -0.309. The Morgan fingerprint density at radius 2 is 2.12 bits per heavy atom. The van der Waals surface area contributed by atoms with Gasteiger partial charge in [-0.1, -0.05) is 18.2 Å². The zero-order valence-electron chi connectivity index (χ0n) is 13.3. The van der Waals surface area contributed by atoms with Gasteiger partial charge in [-0.05, 0) is 36.4 Å². The monoisotopic (exact) mass is 322 g/mol. The first kappa shape index (κ1) is 16.0. The Hall–Kier alpha value is -2.92. The number of nitrogens with zero attached hydrogens (tertiary/aromatic N) is 1. The summed E-state index contributed by atoms with van der Waals surface area (Å²) in [5.41, 5.74) is 2.17. The van der Waals surface area contributed by atoms with E-state index in [0.29, 0.717) is 12.2 Å². The molecule has 3 rings (SSSR count). The van der Waals surface area contributed by atoms with E-state index in [4.69, 9.17) is 9.15 Å². The Labute approximate surface area is 140 Å². The Morgan fingerprint density at radius 1 is 1.21 bits per heavy atom. The molecule has 24 heavy (non-hydrogen) atoms. The molecular weight excluding hydrogens is 304 g/mol. The molecule has 0 bridgehead atoms. The van der Waals surface area contributed by atoms with Crippen LogP contribution in [0.5, 0.6) is 0 Å². The molecule has 0 aliphatic heterocycles. The summed E-state index contributed by atoms with van der Waals surface area (Å²) in [6.07, 6.45) is 3.31. The van der Waals surface area contributed by atoms with Gasteiger partial charge in [-0.2, -0.15) is 0 Å². The van der Waals surface area contributed by atoms with Crippen molar-refractivity contribution in [1.82, 2.24) is 10.3 Å². The molecule has 2 heterocycles. The zero-order chi connectivity index (χ0) is 16.8. The van der Waals surface area contributed by atoms with Crippen LogP contribution in [0.15, 0.2) is 71.5 Å². The predicted molar refractivity (Wildman–Crippen MR) is 90.5 cm³/mol. The number of aromatic nitrogens is 1. The van der Waals surface area contributed by atoms with E-state index in [0.717, 1.165) is 17.0 Å². The van der Waals surface area contributed by atoms with Crippen molar-refractivity contribution in [3.05, 3.63) is 78.3 Å². The molecule has 3 aromatic rings. The van der Waals surface area contributed by atoms with Gasteiger partial charge in [-0.15, -0.1) is 0 Å². The maximum absolute atomic E-state index is 12.6. The minimum Gasteiger partial charge on any atom is -0.464 e. The van der Waals surface area contributed by atoms with E-state index >= 15 is 0 Å². The molecule has 1 atom stereocenters. The quantitative estimate of drug-likeness (QED) is 0.755. The fraction of sp³-hybridized carbons (Fsp3) is 0.158. The molecule has 0 aliphatic carbocycles. The van der Waals surface area contributed by atoms with E-state index in [1.54, 1.807) is 31.7 Å². The van der Waals surface area contributed by atoms with Crippen molar-refractivity contribution < 1.29 is 13.9 Å². The number of furan rings is 1. The largest absolute Gasteiger partial charge is 0.464 e. The van der Waals surface area contributed by atoms with Crippen LogP contribution in [0, 0.1) is 0 Å². The first-order valence-corrected chi connectivity index (χ1v) is 7.62. The van der Waals surface area contributed by atoms with Gasteiger partial charge < -0.3 is 14.5 Å². The van der Waals surface area contributed by atoms with Gasteiger partial charge in [0.1, 0.15) is 5.76 Å². The third kappa shape index (κ3) is 3.70. The highest BCUT2D eigenvalue weighted by molar-refractivity contribution is 5.95. The third-order valence-electron chi connectivity index (χ3n) is 3.61. The average molecular weight is 322 g/mol. The first-order valence-electron chi connectivity index (χ1n) is 7.62. The second kappa shape index (κ2) is 7.57. The number of carbonyl (C=O) groups is 1. The number of hydrogen-bond donors (Lipinski definition) is 1. The van der Waals surface area contributed by atoms with Gasteiger partial charge in [0, 0.05) is 24.4 Å². The van der Waals surface area contributed by atoms with Crippen LogP contribution >= 0.6 is 0 Å². The van der Waals surface area contributed by atoms with E-state index in [9.17, 15) is 4.79 Å². The lowest BCUT2D eigenvalue weighted by atomic mass is 10.1. The Morgan fingerprint density at radius 3 is 2.83 bits per heavy atom. The molecule has 0 saturated carbocycles. The lowest BCUT2D eigenvalue weighted by Crippen LogP contribution is -2.31. The van der Waals surface area contributed by atoms with Crippen LogP contribution in [0.4, 0.5) is 0 Å². The van der Waals surface area contributed by atoms with Crippen LogP contribution in [0.25, 0.3) is 11.3 Å². The summed E-state index contributed by atoms with van der Waals surface area (Å²) in [5.74, 6) is 0.541. The third-order valence-corrected chi connectivity index (χ3v) is 3.61. The number of pyridine rings is 1. The van der Waals surface area contributed by atoms with E-state index in [-0.39, 0.29) is 11.9 Å². The second-order valence-corrected chi connectivity index (χ2v) is 5.29. The summed E-state index contributed by atoms with van der Waals surface area (Å²) in [7, 11) is 1.60. The highest BCUT2D eigenvalue weighted by Gasteiger charge is 2.17. The summed E-state index contributed by atoms with van der Waals surface area (Å²) < 4.78 is 10.6. The number of rotatable bonds is 6. The predicted octanol–water partition coefficient (Wildman–Crippen LogP) is 3.46. The average Bonchev–Trinajstić information content (AvgIpc) is 3.17. The topological polar surface area (TPSA) is 64.4 Å². The van der Waals surface area contributed by atoms with Gasteiger partial charge in [0.2, 0.25) is 0 Å². The Kier molecular flexibility index (Phi) is 5.03. The van der Waals surface area contributed by atoms with E-state index in [1.165, 1.54) is 0 Å². The highest BCUT2D eigenvalue weighted by atomic mass is 16.5. The van der Waals surface area contributed by atoms with Crippen LogP contribution in [-0.4, -0.2) is 24.6 Å². The van der Waals surface area contributed by atoms with Crippen molar-refractivity contribution in [3.8, 4) is 11.3 Å². The van der Waals surface area contributed by atoms with Gasteiger partial charge in [-0.3, -0.25) is 9.78 Å². The number of nitrogens with one attached hydrogen (secondary N) is 1. The first-order chi connectivity index (χ1) is 11.8. The Balaban J connectivity index is 1.79. The molecule has 2 aromatic heterocycles. The zero-order valence-corrected chi connectivity index (χ0v) is 13.3. The highest BCUT2D eigenvalue weighted by Crippen LogP contribution is 2.21. The van der Waals surface area contributed by atoms with Crippen molar-refractivity contribution >= 4 is 5.91 Å². The van der Waals surface area contributed by atoms with Crippen molar-refractivity contribution in [2.75, 3.05) is 13.7 Å². The number of methoxy groups -OCH3 is 1. The van der Waals surface area contributed by atoms with E-state index < -0.39 is 0 Å². The van der Waals surface area contributed by atoms with Crippen molar-refractivity contribution in [2.45, 2.75) is 6.04 Å². The molecule has 0 fully saturated rings. The van der Waals surface area contributed by atoms with Crippen LogP contribution in [-0.2, 0) is 4.74 Å². The van der Waals surface area contributed by atoms with Crippen LogP contribution < -0.4 is 5.32 Å². The van der Waals surface area contributed by atoms with Crippen LogP contribution in [0.3, 0.4) is 0 Å². The summed E-state index contributed by atoms with van der Waals surface area (Å²) >= 11 is 0. The minimum absolute atomic E-state index is 0.184. The van der Waals surface area contributed by atoms with Gasteiger partial charge in [0.05, 0.1) is 24.6 Å². The molecule has 0 aliphatic rings. The van der Waals surface area contributed by atoms with Crippen LogP contribution in [0.1, 0.15) is 22.1 Å². The number of carbonyl (C=O) groups excluding carboxylic acids is 1. The standard InChI is InChI=1S/C19H18N2O3/c1-23-13-17(16-8-2-3-10-20-16)21-19(22)15-7-4-6-14(12-15)18-9-5-11-24-18/h2-12,17H,13H2,1H3,(H,21,22)/t17-/m1/s1. The van der Waals surface area contributed by atoms with Crippen molar-refractivity contribution in [1.29, 1.82) is 0 Å². The normalized spacial score (nSPS) is 11.9. The van der Waals surface area contributed by atoms with Gasteiger partial charge in [-0.25, -0.2) is 0 Å². The summed E-state index contributed by atoms with van der Waals surface area (Å²) in [6, 6.07) is 16.3. The maximum Gasteiger partial charge on any atom is 0.251 e. The molecule has 1 amide bonds. The van der Waals surface area contributed by atoms with Gasteiger partial charge in [0.25, 0.3) is 5.91 Å². The summed E-state index contributed by atoms with van der Waals surface area (Å²) in [5, 5.41) is 2.97. The van der Waals surface area contributed by atoms with Crippen molar-refractivity contribution in [3.63, 3.8) is 0 Å². The molecule has 1 aromatic carbocycles. The molecule has 5 heteroatoms. The molecule has 0 unspecified atom stereocenters. The number of ether oxygens (including phenoxy) is 1. The molecule has 122 valence electrons. The fourth-order valence-corrected chi connectivity index (χ4v) is 2.45. The number of amides is 1. The fourth-order valence-electron chi connectivity index (χ4n) is 2.45.